The van der Waals surface area contributed by atoms with Crippen LogP contribution in [0.4, 0.5) is 5.69 Å². The van der Waals surface area contributed by atoms with Gasteiger partial charge in [0.15, 0.2) is 0 Å². The predicted octanol–water partition coefficient (Wildman–Crippen LogP) is 4.05. The third kappa shape index (κ3) is 8.37. The lowest BCUT2D eigenvalue weighted by molar-refractivity contribution is -0.129. The number of rotatable bonds is 11. The highest BCUT2D eigenvalue weighted by Crippen LogP contribution is 2.17. The molecule has 2 aromatic rings. The van der Waals surface area contributed by atoms with E-state index in [-0.39, 0.29) is 11.8 Å². The summed E-state index contributed by atoms with van der Waals surface area (Å²) in [6, 6.07) is 17.3. The van der Waals surface area contributed by atoms with E-state index in [1.807, 2.05) is 54.6 Å². The molecule has 0 saturated carbocycles. The Kier molecular flexibility index (Phi) is 8.86. The molecule has 0 fully saturated rings. The van der Waals surface area contributed by atoms with Crippen LogP contribution < -0.4 is 15.5 Å². The second-order valence-electron chi connectivity index (χ2n) is 6.30. The summed E-state index contributed by atoms with van der Waals surface area (Å²) in [6.45, 7) is 0.506. The Balaban J connectivity index is 1.62. The molecular weight excluding hydrogens is 344 g/mol. The number of benzene rings is 2. The van der Waals surface area contributed by atoms with Crippen molar-refractivity contribution in [3.8, 4) is 5.75 Å². The molecular formula is C21H26N2O4. The van der Waals surface area contributed by atoms with E-state index in [2.05, 4.69) is 5.32 Å². The van der Waals surface area contributed by atoms with Gasteiger partial charge in [-0.1, -0.05) is 43.2 Å². The highest BCUT2D eigenvalue weighted by molar-refractivity contribution is 5.90. The minimum absolute atomic E-state index is 0.0268. The molecule has 2 aromatic carbocycles. The molecule has 0 unspecified atom stereocenters. The highest BCUT2D eigenvalue weighted by Gasteiger charge is 2.04. The van der Waals surface area contributed by atoms with Gasteiger partial charge in [-0.05, 0) is 42.7 Å². The Morgan fingerprint density at radius 1 is 0.815 bits per heavy atom. The fraction of sp³-hybridized carbons (Fsp3) is 0.333. The zero-order valence-corrected chi connectivity index (χ0v) is 15.3. The van der Waals surface area contributed by atoms with E-state index in [1.54, 1.807) is 5.48 Å². The number of nitrogens with one attached hydrogen (secondary N) is 2. The van der Waals surface area contributed by atoms with Gasteiger partial charge in [-0.3, -0.25) is 14.8 Å². The molecule has 6 nitrogen and oxygen atoms in total. The van der Waals surface area contributed by atoms with Gasteiger partial charge in [0.05, 0.1) is 0 Å². The van der Waals surface area contributed by atoms with Crippen LogP contribution >= 0.6 is 0 Å². The van der Waals surface area contributed by atoms with Crippen molar-refractivity contribution < 1.29 is 19.5 Å². The molecule has 0 aromatic heterocycles. The van der Waals surface area contributed by atoms with E-state index in [0.717, 1.165) is 36.3 Å². The van der Waals surface area contributed by atoms with Gasteiger partial charge in [0, 0.05) is 18.5 Å². The van der Waals surface area contributed by atoms with Gasteiger partial charge in [0.25, 0.3) is 0 Å². The number of hydrogen-bond acceptors (Lipinski definition) is 4. The first kappa shape index (κ1) is 20.5. The Morgan fingerprint density at radius 3 is 2.07 bits per heavy atom. The highest BCUT2D eigenvalue weighted by atomic mass is 16.5. The van der Waals surface area contributed by atoms with E-state index >= 15 is 0 Å². The van der Waals surface area contributed by atoms with E-state index in [9.17, 15) is 9.59 Å². The van der Waals surface area contributed by atoms with Crippen molar-refractivity contribution in [1.29, 1.82) is 0 Å². The second-order valence-corrected chi connectivity index (χ2v) is 6.30. The maximum Gasteiger partial charge on any atom is 0.243 e. The van der Waals surface area contributed by atoms with Gasteiger partial charge >= 0.3 is 0 Å². The monoisotopic (exact) mass is 370 g/mol. The minimum atomic E-state index is -0.371. The average Bonchev–Trinajstić information content (AvgIpc) is 2.70. The Labute approximate surface area is 159 Å². The van der Waals surface area contributed by atoms with Crippen LogP contribution in [0, 0.1) is 0 Å². The first-order valence-electron chi connectivity index (χ1n) is 9.17. The van der Waals surface area contributed by atoms with Crippen LogP contribution in [-0.4, -0.2) is 17.0 Å². The molecule has 0 heterocycles. The summed E-state index contributed by atoms with van der Waals surface area (Å²) in [4.78, 5) is 22.8. The van der Waals surface area contributed by atoms with Gasteiger partial charge in [-0.2, -0.15) is 0 Å². The zero-order valence-electron chi connectivity index (χ0n) is 15.3. The van der Waals surface area contributed by atoms with Crippen molar-refractivity contribution in [2.45, 2.75) is 45.1 Å². The lowest BCUT2D eigenvalue weighted by Gasteiger charge is -2.08. The lowest BCUT2D eigenvalue weighted by Crippen LogP contribution is -2.17. The first-order valence-corrected chi connectivity index (χ1v) is 9.17. The fourth-order valence-corrected chi connectivity index (χ4v) is 2.58. The zero-order chi connectivity index (χ0) is 19.3. The SMILES string of the molecule is O=C(CCCCCCC(=O)Nc1ccc(OCc2ccccc2)cc1)NO. The molecule has 3 N–H and O–H groups in total. The molecule has 0 aliphatic heterocycles. The van der Waals surface area contributed by atoms with Crippen molar-refractivity contribution in [3.63, 3.8) is 0 Å². The van der Waals surface area contributed by atoms with Crippen LogP contribution in [0.15, 0.2) is 54.6 Å². The average molecular weight is 370 g/mol. The number of unbranched alkanes of at least 4 members (excludes halogenated alkanes) is 3. The van der Waals surface area contributed by atoms with Crippen molar-refractivity contribution in [1.82, 2.24) is 5.48 Å². The van der Waals surface area contributed by atoms with Crippen molar-refractivity contribution >= 4 is 17.5 Å². The maximum atomic E-state index is 12.0. The van der Waals surface area contributed by atoms with Gasteiger partial charge in [-0.15, -0.1) is 0 Å². The van der Waals surface area contributed by atoms with Gasteiger partial charge in [-0.25, -0.2) is 5.48 Å². The smallest absolute Gasteiger partial charge is 0.243 e. The van der Waals surface area contributed by atoms with Crippen molar-refractivity contribution in [2.75, 3.05) is 5.32 Å². The molecule has 0 radical (unpaired) electrons. The van der Waals surface area contributed by atoms with Crippen LogP contribution in [0.5, 0.6) is 5.75 Å². The molecule has 144 valence electrons. The number of hydroxylamine groups is 1. The van der Waals surface area contributed by atoms with Crippen molar-refractivity contribution in [3.05, 3.63) is 60.2 Å². The van der Waals surface area contributed by atoms with Crippen LogP contribution in [0.25, 0.3) is 0 Å². The molecule has 27 heavy (non-hydrogen) atoms. The van der Waals surface area contributed by atoms with E-state index in [4.69, 9.17) is 9.94 Å². The molecule has 6 heteroatoms. The molecule has 0 spiro atoms. The Morgan fingerprint density at radius 2 is 1.44 bits per heavy atom. The summed E-state index contributed by atoms with van der Waals surface area (Å²) in [7, 11) is 0. The number of amides is 2. The number of carbonyl (C=O) groups is 2. The number of carbonyl (C=O) groups excluding carboxylic acids is 2. The molecule has 2 rings (SSSR count). The topological polar surface area (TPSA) is 87.7 Å². The van der Waals surface area contributed by atoms with E-state index < -0.39 is 0 Å². The third-order valence-electron chi connectivity index (χ3n) is 4.07. The predicted molar refractivity (Wildman–Crippen MR) is 103 cm³/mol. The Hall–Kier alpha value is -2.86. The van der Waals surface area contributed by atoms with Gasteiger partial charge < -0.3 is 10.1 Å². The summed E-state index contributed by atoms with van der Waals surface area (Å²) < 4.78 is 5.72. The standard InChI is InChI=1S/C21H26N2O4/c24-20(10-6-1-2-7-11-21(25)23-26)22-18-12-14-19(15-13-18)27-16-17-8-4-3-5-9-17/h3-5,8-9,12-15,26H,1-2,6-7,10-11,16H2,(H,22,24)(H,23,25). The molecule has 0 aliphatic carbocycles. The number of anilines is 1. The minimum Gasteiger partial charge on any atom is -0.489 e. The quantitative estimate of drug-likeness (QED) is 0.316. The molecule has 2 amide bonds. The van der Waals surface area contributed by atoms with E-state index in [1.165, 1.54) is 0 Å². The first-order chi connectivity index (χ1) is 13.2. The summed E-state index contributed by atoms with van der Waals surface area (Å²) >= 11 is 0. The third-order valence-corrected chi connectivity index (χ3v) is 4.07. The number of hydrogen-bond donors (Lipinski definition) is 3. The largest absolute Gasteiger partial charge is 0.489 e. The second kappa shape index (κ2) is 11.7. The van der Waals surface area contributed by atoms with Gasteiger partial charge in [0.1, 0.15) is 12.4 Å². The summed E-state index contributed by atoms with van der Waals surface area (Å²) in [5, 5.41) is 11.3. The Bertz CT molecular complexity index is 702. The van der Waals surface area contributed by atoms with Crippen molar-refractivity contribution in [2.24, 2.45) is 0 Å². The van der Waals surface area contributed by atoms with Crippen LogP contribution in [0.2, 0.25) is 0 Å². The summed E-state index contributed by atoms with van der Waals surface area (Å²) in [5.41, 5.74) is 3.46. The van der Waals surface area contributed by atoms with Gasteiger partial charge in [0.2, 0.25) is 11.8 Å². The molecule has 0 atom stereocenters. The van der Waals surface area contributed by atoms with Crippen LogP contribution in [-0.2, 0) is 16.2 Å². The molecule has 0 aliphatic rings. The normalized spacial score (nSPS) is 10.3. The van der Waals surface area contributed by atoms with E-state index in [0.29, 0.717) is 25.9 Å². The fourth-order valence-electron chi connectivity index (χ4n) is 2.58. The number of ether oxygens (including phenoxy) is 1. The summed E-state index contributed by atoms with van der Waals surface area (Å²) in [6.07, 6.45) is 3.95. The molecule has 0 bridgehead atoms. The lowest BCUT2D eigenvalue weighted by atomic mass is 10.1. The van der Waals surface area contributed by atoms with Crippen LogP contribution in [0.1, 0.15) is 44.1 Å². The molecule has 0 saturated heterocycles. The summed E-state index contributed by atoms with van der Waals surface area (Å²) in [5.74, 6) is 0.355. The maximum absolute atomic E-state index is 12.0. The van der Waals surface area contributed by atoms with Crippen LogP contribution in [0.3, 0.4) is 0 Å².